The molecule has 5 nitrogen and oxygen atoms in total. The maximum absolute atomic E-state index is 5.53. The molecule has 2 heterocycles. The molecule has 0 spiro atoms. The highest BCUT2D eigenvalue weighted by atomic mass is 79.9. The van der Waals surface area contributed by atoms with Crippen molar-refractivity contribution in [2.24, 2.45) is 4.99 Å². The molecule has 0 amide bonds. The quantitative estimate of drug-likeness (QED) is 0.497. The Bertz CT molecular complexity index is 813. The summed E-state index contributed by atoms with van der Waals surface area (Å²) >= 11 is 5.16. The molecule has 0 fully saturated rings. The van der Waals surface area contributed by atoms with Crippen molar-refractivity contribution in [3.05, 3.63) is 63.1 Å². The van der Waals surface area contributed by atoms with E-state index in [1.54, 1.807) is 24.6 Å². The van der Waals surface area contributed by atoms with E-state index >= 15 is 0 Å². The van der Waals surface area contributed by atoms with Gasteiger partial charge in [0.1, 0.15) is 6.26 Å². The fraction of sp³-hybridized carbons (Fsp3) is 0.176. The first-order valence-corrected chi connectivity index (χ1v) is 9.04. The van der Waals surface area contributed by atoms with Crippen LogP contribution in [0.1, 0.15) is 10.6 Å². The Labute approximate surface area is 153 Å². The van der Waals surface area contributed by atoms with Crippen LogP contribution < -0.4 is 10.6 Å². The van der Waals surface area contributed by atoms with E-state index in [4.69, 9.17) is 4.42 Å². The standard InChI is InChI=1S/C17H17BrN4OS/c1-19-17(21-10-14-7-8-15(18)24-14)20-9-13-11-23-16(22-13)12-5-3-2-4-6-12/h2-8,11H,9-10H2,1H3,(H2,19,20,21). The molecule has 124 valence electrons. The number of hydrogen-bond donors (Lipinski definition) is 2. The van der Waals surface area contributed by atoms with Crippen molar-refractivity contribution in [3.63, 3.8) is 0 Å². The lowest BCUT2D eigenvalue weighted by Crippen LogP contribution is -2.36. The number of rotatable bonds is 5. The van der Waals surface area contributed by atoms with Gasteiger partial charge in [0.2, 0.25) is 5.89 Å². The van der Waals surface area contributed by atoms with Crippen molar-refractivity contribution in [3.8, 4) is 11.5 Å². The maximum atomic E-state index is 5.53. The monoisotopic (exact) mass is 404 g/mol. The summed E-state index contributed by atoms with van der Waals surface area (Å²) in [6, 6.07) is 14.0. The number of benzene rings is 1. The molecule has 0 saturated heterocycles. The van der Waals surface area contributed by atoms with E-state index in [-0.39, 0.29) is 0 Å². The molecule has 2 N–H and O–H groups in total. The summed E-state index contributed by atoms with van der Waals surface area (Å²) in [5.41, 5.74) is 1.80. The molecule has 0 radical (unpaired) electrons. The fourth-order valence-electron chi connectivity index (χ4n) is 2.11. The third-order valence-corrected chi connectivity index (χ3v) is 4.92. The van der Waals surface area contributed by atoms with Crippen molar-refractivity contribution in [2.45, 2.75) is 13.1 Å². The van der Waals surface area contributed by atoms with Crippen LogP contribution >= 0.6 is 27.3 Å². The third-order valence-electron chi connectivity index (χ3n) is 3.29. The Balaban J connectivity index is 1.53. The second kappa shape index (κ2) is 8.12. The summed E-state index contributed by atoms with van der Waals surface area (Å²) in [5, 5.41) is 6.51. The number of oxazole rings is 1. The number of hydrogen-bond acceptors (Lipinski definition) is 4. The number of aliphatic imine (C=N–C) groups is 1. The summed E-state index contributed by atoms with van der Waals surface area (Å²) in [5.74, 6) is 1.35. The molecule has 3 aromatic rings. The van der Waals surface area contributed by atoms with Crippen LogP contribution in [0.2, 0.25) is 0 Å². The van der Waals surface area contributed by atoms with Crippen LogP contribution in [0.5, 0.6) is 0 Å². The van der Waals surface area contributed by atoms with Crippen LogP contribution in [0.3, 0.4) is 0 Å². The van der Waals surface area contributed by atoms with Crippen LogP contribution in [0, 0.1) is 0 Å². The number of nitrogens with one attached hydrogen (secondary N) is 2. The lowest BCUT2D eigenvalue weighted by molar-refractivity contribution is 0.572. The predicted octanol–water partition coefficient (Wildman–Crippen LogP) is 4.03. The lowest BCUT2D eigenvalue weighted by Gasteiger charge is -2.09. The van der Waals surface area contributed by atoms with Crippen LogP contribution in [-0.4, -0.2) is 18.0 Å². The van der Waals surface area contributed by atoms with Gasteiger partial charge in [0, 0.05) is 17.5 Å². The Kier molecular flexibility index (Phi) is 5.66. The van der Waals surface area contributed by atoms with Gasteiger partial charge in [0.05, 0.1) is 22.6 Å². The topological polar surface area (TPSA) is 62.5 Å². The van der Waals surface area contributed by atoms with Crippen molar-refractivity contribution in [2.75, 3.05) is 7.05 Å². The molecule has 0 aliphatic carbocycles. The third kappa shape index (κ3) is 4.46. The molecule has 0 bridgehead atoms. The van der Waals surface area contributed by atoms with Crippen molar-refractivity contribution in [1.82, 2.24) is 15.6 Å². The molecular weight excluding hydrogens is 388 g/mol. The predicted molar refractivity (Wildman–Crippen MR) is 101 cm³/mol. The average molecular weight is 405 g/mol. The minimum atomic E-state index is 0.546. The minimum absolute atomic E-state index is 0.546. The molecule has 0 aliphatic rings. The smallest absolute Gasteiger partial charge is 0.226 e. The number of nitrogens with zero attached hydrogens (tertiary/aromatic N) is 2. The van der Waals surface area contributed by atoms with Crippen LogP contribution in [0.15, 0.2) is 61.9 Å². The SMILES string of the molecule is CN=C(NCc1coc(-c2ccccc2)n1)NCc1ccc(Br)s1. The zero-order valence-electron chi connectivity index (χ0n) is 13.1. The highest BCUT2D eigenvalue weighted by Crippen LogP contribution is 2.21. The van der Waals surface area contributed by atoms with Gasteiger partial charge >= 0.3 is 0 Å². The van der Waals surface area contributed by atoms with Gasteiger partial charge < -0.3 is 15.1 Å². The molecule has 0 atom stereocenters. The molecule has 24 heavy (non-hydrogen) atoms. The average Bonchev–Trinajstić information content (AvgIpc) is 3.25. The first kappa shape index (κ1) is 16.7. The molecule has 0 aliphatic heterocycles. The van der Waals surface area contributed by atoms with Gasteiger partial charge in [-0.2, -0.15) is 0 Å². The minimum Gasteiger partial charge on any atom is -0.444 e. The Morgan fingerprint density at radius 2 is 1.96 bits per heavy atom. The van der Waals surface area contributed by atoms with Crippen LogP contribution in [0.4, 0.5) is 0 Å². The number of halogens is 1. The molecule has 3 rings (SSSR count). The van der Waals surface area contributed by atoms with Gasteiger partial charge in [-0.15, -0.1) is 11.3 Å². The molecule has 1 aromatic carbocycles. The van der Waals surface area contributed by atoms with E-state index in [1.807, 2.05) is 36.4 Å². The molecule has 0 unspecified atom stereocenters. The molecule has 2 aromatic heterocycles. The Morgan fingerprint density at radius 1 is 1.17 bits per heavy atom. The van der Waals surface area contributed by atoms with Gasteiger partial charge in [-0.3, -0.25) is 4.99 Å². The highest BCUT2D eigenvalue weighted by molar-refractivity contribution is 9.11. The van der Waals surface area contributed by atoms with Gasteiger partial charge in [0.25, 0.3) is 0 Å². The van der Waals surface area contributed by atoms with Gasteiger partial charge in [-0.25, -0.2) is 4.98 Å². The fourth-order valence-corrected chi connectivity index (χ4v) is 3.54. The summed E-state index contributed by atoms with van der Waals surface area (Å²) in [6.07, 6.45) is 1.67. The van der Waals surface area contributed by atoms with Crippen molar-refractivity contribution >= 4 is 33.2 Å². The number of aromatic nitrogens is 1. The zero-order chi connectivity index (χ0) is 16.8. The second-order valence-electron chi connectivity index (χ2n) is 5.00. The van der Waals surface area contributed by atoms with E-state index in [0.29, 0.717) is 12.4 Å². The first-order chi connectivity index (χ1) is 11.7. The second-order valence-corrected chi connectivity index (χ2v) is 7.54. The van der Waals surface area contributed by atoms with E-state index < -0.39 is 0 Å². The van der Waals surface area contributed by atoms with Gasteiger partial charge in [-0.1, -0.05) is 18.2 Å². The Morgan fingerprint density at radius 3 is 2.67 bits per heavy atom. The largest absolute Gasteiger partial charge is 0.444 e. The van der Waals surface area contributed by atoms with E-state index in [2.05, 4.69) is 42.6 Å². The molecule has 0 saturated carbocycles. The number of guanidine groups is 1. The highest BCUT2D eigenvalue weighted by Gasteiger charge is 2.07. The normalized spacial score (nSPS) is 11.5. The van der Waals surface area contributed by atoms with Gasteiger partial charge in [-0.05, 0) is 40.2 Å². The Hall–Kier alpha value is -2.12. The summed E-state index contributed by atoms with van der Waals surface area (Å²) < 4.78 is 6.66. The van der Waals surface area contributed by atoms with Gasteiger partial charge in [0.15, 0.2) is 5.96 Å². The first-order valence-electron chi connectivity index (χ1n) is 7.43. The van der Waals surface area contributed by atoms with Crippen molar-refractivity contribution in [1.29, 1.82) is 0 Å². The maximum Gasteiger partial charge on any atom is 0.226 e. The summed E-state index contributed by atoms with van der Waals surface area (Å²) in [7, 11) is 1.75. The summed E-state index contributed by atoms with van der Waals surface area (Å²) in [6.45, 7) is 1.27. The zero-order valence-corrected chi connectivity index (χ0v) is 15.5. The lowest BCUT2D eigenvalue weighted by atomic mass is 10.2. The van der Waals surface area contributed by atoms with Crippen LogP contribution in [0.25, 0.3) is 11.5 Å². The van der Waals surface area contributed by atoms with E-state index in [0.717, 1.165) is 27.5 Å². The van der Waals surface area contributed by atoms with Crippen molar-refractivity contribution < 1.29 is 4.42 Å². The van der Waals surface area contributed by atoms with E-state index in [9.17, 15) is 0 Å². The number of thiophene rings is 1. The summed E-state index contributed by atoms with van der Waals surface area (Å²) in [4.78, 5) is 9.95. The van der Waals surface area contributed by atoms with E-state index in [1.165, 1.54) is 4.88 Å². The molecular formula is C17H17BrN4OS. The molecule has 7 heteroatoms. The van der Waals surface area contributed by atoms with Crippen LogP contribution in [-0.2, 0) is 13.1 Å².